The number of carbonyl (C=O) groups is 3. The molecule has 0 aliphatic rings. The summed E-state index contributed by atoms with van der Waals surface area (Å²) in [6, 6.07) is 21.8. The van der Waals surface area contributed by atoms with Crippen molar-refractivity contribution >= 4 is 23.5 Å². The molecule has 0 aliphatic heterocycles. The van der Waals surface area contributed by atoms with Crippen molar-refractivity contribution < 1.29 is 19.1 Å². The summed E-state index contributed by atoms with van der Waals surface area (Å²) in [7, 11) is 0. The van der Waals surface area contributed by atoms with E-state index in [1.54, 1.807) is 18.2 Å². The molecule has 0 atom stereocenters. The number of ether oxygens (including phenoxy) is 1. The highest BCUT2D eigenvalue weighted by Crippen LogP contribution is 2.15. The minimum Gasteiger partial charge on any atom is -0.427 e. The number of carbonyl (C=O) groups excluding carboxylic acids is 3. The molecule has 0 spiro atoms. The van der Waals surface area contributed by atoms with Gasteiger partial charge in [0.15, 0.2) is 0 Å². The van der Waals surface area contributed by atoms with Crippen LogP contribution in [0, 0.1) is 6.92 Å². The molecule has 0 heterocycles. The predicted octanol–water partition coefficient (Wildman–Crippen LogP) is 4.42. The van der Waals surface area contributed by atoms with Gasteiger partial charge < -0.3 is 15.4 Å². The molecule has 0 saturated carbocycles. The monoisotopic (exact) mass is 430 g/mol. The van der Waals surface area contributed by atoms with Crippen molar-refractivity contribution in [1.29, 1.82) is 0 Å². The third kappa shape index (κ3) is 6.80. The summed E-state index contributed by atoms with van der Waals surface area (Å²) >= 11 is 0. The minimum absolute atomic E-state index is 0.0586. The largest absolute Gasteiger partial charge is 0.427 e. The Kier molecular flexibility index (Phi) is 7.75. The van der Waals surface area contributed by atoms with Gasteiger partial charge in [-0.25, -0.2) is 0 Å². The lowest BCUT2D eigenvalue weighted by molar-refractivity contribution is -0.131. The zero-order valence-corrected chi connectivity index (χ0v) is 18.2. The first kappa shape index (κ1) is 22.7. The van der Waals surface area contributed by atoms with Gasteiger partial charge in [0.1, 0.15) is 5.75 Å². The van der Waals surface area contributed by atoms with Crippen molar-refractivity contribution in [3.8, 4) is 5.75 Å². The fourth-order valence-corrected chi connectivity index (χ4v) is 3.27. The van der Waals surface area contributed by atoms with Crippen LogP contribution in [-0.4, -0.2) is 17.8 Å². The molecule has 0 saturated heterocycles. The van der Waals surface area contributed by atoms with Gasteiger partial charge in [0.25, 0.3) is 5.91 Å². The van der Waals surface area contributed by atoms with Crippen LogP contribution in [0.15, 0.2) is 72.8 Å². The third-order valence-corrected chi connectivity index (χ3v) is 4.90. The van der Waals surface area contributed by atoms with E-state index in [-0.39, 0.29) is 11.8 Å². The first-order valence-electron chi connectivity index (χ1n) is 10.4. The molecule has 3 aromatic carbocycles. The van der Waals surface area contributed by atoms with Crippen LogP contribution in [0.3, 0.4) is 0 Å². The van der Waals surface area contributed by atoms with Gasteiger partial charge in [-0.2, -0.15) is 0 Å². The van der Waals surface area contributed by atoms with Gasteiger partial charge in [0.2, 0.25) is 5.91 Å². The molecule has 6 nitrogen and oxygen atoms in total. The molecule has 3 rings (SSSR count). The van der Waals surface area contributed by atoms with E-state index in [2.05, 4.69) is 10.6 Å². The molecule has 0 fully saturated rings. The predicted molar refractivity (Wildman–Crippen MR) is 123 cm³/mol. The zero-order chi connectivity index (χ0) is 22.9. The molecule has 164 valence electrons. The molecule has 0 unspecified atom stereocenters. The number of rotatable bonds is 8. The van der Waals surface area contributed by atoms with Crippen molar-refractivity contribution in [3.05, 3.63) is 95.1 Å². The zero-order valence-electron chi connectivity index (χ0n) is 18.2. The highest BCUT2D eigenvalue weighted by atomic mass is 16.5. The lowest BCUT2D eigenvalue weighted by atomic mass is 10.0. The summed E-state index contributed by atoms with van der Waals surface area (Å²) < 4.78 is 5.02. The van der Waals surface area contributed by atoms with E-state index in [4.69, 9.17) is 4.74 Å². The maximum absolute atomic E-state index is 12.4. The number of nitrogens with one attached hydrogen (secondary N) is 2. The van der Waals surface area contributed by atoms with Gasteiger partial charge in [-0.1, -0.05) is 42.5 Å². The van der Waals surface area contributed by atoms with Gasteiger partial charge >= 0.3 is 5.97 Å². The van der Waals surface area contributed by atoms with E-state index < -0.39 is 5.97 Å². The van der Waals surface area contributed by atoms with E-state index in [1.807, 2.05) is 55.5 Å². The third-order valence-electron chi connectivity index (χ3n) is 4.90. The van der Waals surface area contributed by atoms with Crippen molar-refractivity contribution in [2.75, 3.05) is 5.32 Å². The summed E-state index contributed by atoms with van der Waals surface area (Å²) in [5.74, 6) is -0.468. The molecule has 0 aliphatic carbocycles. The topological polar surface area (TPSA) is 84.5 Å². The second-order valence-corrected chi connectivity index (χ2v) is 7.48. The second-order valence-electron chi connectivity index (χ2n) is 7.48. The first-order valence-corrected chi connectivity index (χ1v) is 10.4. The average Bonchev–Trinajstić information content (AvgIpc) is 2.77. The quantitative estimate of drug-likeness (QED) is 0.409. The van der Waals surface area contributed by atoms with Crippen molar-refractivity contribution in [1.82, 2.24) is 5.32 Å². The second kappa shape index (κ2) is 10.9. The van der Waals surface area contributed by atoms with Crippen molar-refractivity contribution in [3.63, 3.8) is 0 Å². The van der Waals surface area contributed by atoms with E-state index in [0.717, 1.165) is 11.1 Å². The molecule has 2 N–H and O–H groups in total. The maximum Gasteiger partial charge on any atom is 0.308 e. The highest BCUT2D eigenvalue weighted by molar-refractivity contribution is 5.94. The normalized spacial score (nSPS) is 10.3. The average molecular weight is 431 g/mol. The molecule has 0 radical (unpaired) electrons. The fraction of sp³-hybridized carbons (Fsp3) is 0.192. The van der Waals surface area contributed by atoms with Gasteiger partial charge in [0, 0.05) is 31.1 Å². The Hall–Kier alpha value is -3.93. The van der Waals surface area contributed by atoms with Crippen molar-refractivity contribution in [2.45, 2.75) is 33.2 Å². The first-order chi connectivity index (χ1) is 15.4. The number of anilines is 1. The molecule has 0 bridgehead atoms. The molecule has 2 amide bonds. The summed E-state index contributed by atoms with van der Waals surface area (Å²) in [5, 5.41) is 5.75. The van der Waals surface area contributed by atoms with Crippen LogP contribution >= 0.6 is 0 Å². The molecule has 3 aromatic rings. The van der Waals surface area contributed by atoms with Crippen LogP contribution in [0.4, 0.5) is 5.69 Å². The minimum atomic E-state index is -0.444. The van der Waals surface area contributed by atoms with Crippen LogP contribution in [0.25, 0.3) is 0 Å². The van der Waals surface area contributed by atoms with E-state index in [9.17, 15) is 14.4 Å². The standard InChI is InChI=1S/C26H26N2O4/c1-18-7-3-4-9-21(18)13-14-25(30)28-23-11-5-8-20(15-23)17-27-26(31)22-10-6-12-24(16-22)32-19(2)29/h3-12,15-16H,13-14,17H2,1-2H3,(H,27,31)(H,28,30). The van der Waals surface area contributed by atoms with Crippen LogP contribution in [0.5, 0.6) is 5.75 Å². The summed E-state index contributed by atoms with van der Waals surface area (Å²) in [6.45, 7) is 3.64. The SMILES string of the molecule is CC(=O)Oc1cccc(C(=O)NCc2cccc(NC(=O)CCc3ccccc3C)c2)c1. The number of hydrogen-bond acceptors (Lipinski definition) is 4. The van der Waals surface area contributed by atoms with Gasteiger partial charge in [0.05, 0.1) is 0 Å². The molecule has 6 heteroatoms. The van der Waals surface area contributed by atoms with Gasteiger partial charge in [-0.3, -0.25) is 14.4 Å². The molecular formula is C26H26N2O4. The van der Waals surface area contributed by atoms with E-state index in [0.29, 0.717) is 36.4 Å². The summed E-state index contributed by atoms with van der Waals surface area (Å²) in [4.78, 5) is 35.9. The summed E-state index contributed by atoms with van der Waals surface area (Å²) in [6.07, 6.45) is 1.07. The van der Waals surface area contributed by atoms with Crippen LogP contribution < -0.4 is 15.4 Å². The number of hydrogen-bond donors (Lipinski definition) is 2. The molecular weight excluding hydrogens is 404 g/mol. The smallest absolute Gasteiger partial charge is 0.308 e. The van der Waals surface area contributed by atoms with Gasteiger partial charge in [-0.15, -0.1) is 0 Å². The lowest BCUT2D eigenvalue weighted by Crippen LogP contribution is -2.23. The van der Waals surface area contributed by atoms with Crippen LogP contribution in [-0.2, 0) is 22.6 Å². The van der Waals surface area contributed by atoms with Gasteiger partial charge in [-0.05, 0) is 60.4 Å². The number of aryl methyl sites for hydroxylation is 2. The Labute approximate surface area is 187 Å². The van der Waals surface area contributed by atoms with Crippen LogP contribution in [0.2, 0.25) is 0 Å². The number of benzene rings is 3. The van der Waals surface area contributed by atoms with E-state index in [1.165, 1.54) is 18.6 Å². The number of amides is 2. The number of esters is 1. The Bertz CT molecular complexity index is 1120. The van der Waals surface area contributed by atoms with Crippen LogP contribution in [0.1, 0.15) is 40.4 Å². The lowest BCUT2D eigenvalue weighted by Gasteiger charge is -2.10. The Morgan fingerprint density at radius 3 is 2.47 bits per heavy atom. The molecule has 0 aromatic heterocycles. The highest BCUT2D eigenvalue weighted by Gasteiger charge is 2.09. The summed E-state index contributed by atoms with van der Waals surface area (Å²) in [5.41, 5.74) is 4.27. The fourth-order valence-electron chi connectivity index (χ4n) is 3.27. The Morgan fingerprint density at radius 1 is 0.906 bits per heavy atom. The maximum atomic E-state index is 12.4. The Balaban J connectivity index is 1.53. The molecule has 32 heavy (non-hydrogen) atoms. The van der Waals surface area contributed by atoms with Crippen molar-refractivity contribution in [2.24, 2.45) is 0 Å². The Morgan fingerprint density at radius 2 is 1.69 bits per heavy atom. The van der Waals surface area contributed by atoms with E-state index >= 15 is 0 Å².